The number of carbonyl (C=O) groups is 1. The zero-order valence-corrected chi connectivity index (χ0v) is 12.4. The Kier molecular flexibility index (Phi) is 3.93. The van der Waals surface area contributed by atoms with Crippen molar-refractivity contribution in [3.8, 4) is 0 Å². The normalized spacial score (nSPS) is 11.1. The molecule has 0 spiro atoms. The number of carbonyl (C=O) groups excluding carboxylic acids is 1. The van der Waals surface area contributed by atoms with E-state index < -0.39 is 0 Å². The van der Waals surface area contributed by atoms with Crippen molar-refractivity contribution in [1.82, 2.24) is 9.88 Å². The van der Waals surface area contributed by atoms with Crippen LogP contribution >= 0.6 is 0 Å². The van der Waals surface area contributed by atoms with Gasteiger partial charge in [-0.1, -0.05) is 13.8 Å². The van der Waals surface area contributed by atoms with E-state index in [1.165, 1.54) is 0 Å². The summed E-state index contributed by atoms with van der Waals surface area (Å²) in [6.07, 6.45) is 0. The molecule has 1 heterocycles. The lowest BCUT2D eigenvalue weighted by molar-refractivity contribution is 0.0963. The Bertz CT molecular complexity index is 714. The lowest BCUT2D eigenvalue weighted by atomic mass is 9.97. The molecule has 1 N–H and O–H groups in total. The largest absolute Gasteiger partial charge is 0.355 e. The highest BCUT2D eigenvalue weighted by Crippen LogP contribution is 2.25. The highest BCUT2D eigenvalue weighted by Gasteiger charge is 2.13. The van der Waals surface area contributed by atoms with E-state index in [2.05, 4.69) is 19.2 Å². The molecule has 106 valence electrons. The molecule has 0 unspecified atom stereocenters. The SMILES string of the molecule is CCn1c(=O)cc(C(C)C)c2cc(C(=O)NC)ccc21. The number of pyridine rings is 1. The summed E-state index contributed by atoms with van der Waals surface area (Å²) in [7, 11) is 1.61. The molecule has 0 saturated heterocycles. The first kappa shape index (κ1) is 14.3. The molecule has 0 aliphatic carbocycles. The monoisotopic (exact) mass is 272 g/mol. The topological polar surface area (TPSA) is 51.1 Å². The highest BCUT2D eigenvalue weighted by atomic mass is 16.1. The fraction of sp³-hybridized carbons (Fsp3) is 0.375. The first-order chi connectivity index (χ1) is 9.49. The molecule has 0 atom stereocenters. The zero-order chi connectivity index (χ0) is 14.9. The van der Waals surface area contributed by atoms with Gasteiger partial charge >= 0.3 is 0 Å². The summed E-state index contributed by atoms with van der Waals surface area (Å²) in [5.41, 5.74) is 2.50. The molecule has 1 aromatic heterocycles. The van der Waals surface area contributed by atoms with E-state index in [1.807, 2.05) is 19.1 Å². The second-order valence-electron chi connectivity index (χ2n) is 5.15. The Hall–Kier alpha value is -2.10. The molecule has 20 heavy (non-hydrogen) atoms. The molecule has 0 fully saturated rings. The van der Waals surface area contributed by atoms with E-state index in [-0.39, 0.29) is 17.4 Å². The average Bonchev–Trinajstić information content (AvgIpc) is 2.44. The summed E-state index contributed by atoms with van der Waals surface area (Å²) < 4.78 is 1.73. The smallest absolute Gasteiger partial charge is 0.251 e. The Morgan fingerprint density at radius 2 is 2.00 bits per heavy atom. The molecule has 4 nitrogen and oxygen atoms in total. The van der Waals surface area contributed by atoms with Crippen LogP contribution in [0.3, 0.4) is 0 Å². The number of hydrogen-bond acceptors (Lipinski definition) is 2. The van der Waals surface area contributed by atoms with Crippen molar-refractivity contribution in [3.05, 3.63) is 45.7 Å². The van der Waals surface area contributed by atoms with Crippen molar-refractivity contribution in [2.45, 2.75) is 33.2 Å². The molecule has 2 aromatic rings. The standard InChI is InChI=1S/C16H20N2O2/c1-5-18-14-7-6-11(16(20)17-4)8-13(14)12(10(2)3)9-15(18)19/h6-10H,5H2,1-4H3,(H,17,20). The maximum Gasteiger partial charge on any atom is 0.251 e. The lowest BCUT2D eigenvalue weighted by Crippen LogP contribution is -2.21. The zero-order valence-electron chi connectivity index (χ0n) is 12.4. The number of nitrogens with one attached hydrogen (secondary N) is 1. The minimum absolute atomic E-state index is 0.0105. The molecule has 0 radical (unpaired) electrons. The van der Waals surface area contributed by atoms with Crippen LogP contribution in [0.15, 0.2) is 29.1 Å². The minimum atomic E-state index is -0.115. The van der Waals surface area contributed by atoms with Gasteiger partial charge in [0.2, 0.25) is 0 Å². The van der Waals surface area contributed by atoms with E-state index in [1.54, 1.807) is 23.7 Å². The van der Waals surface area contributed by atoms with Gasteiger partial charge in [-0.05, 0) is 36.6 Å². The Labute approximate surface area is 118 Å². The third kappa shape index (κ3) is 2.33. The first-order valence-corrected chi connectivity index (χ1v) is 6.89. The molecule has 1 amide bonds. The predicted molar refractivity (Wildman–Crippen MR) is 81.4 cm³/mol. The van der Waals surface area contributed by atoms with Crippen molar-refractivity contribution in [2.24, 2.45) is 0 Å². The summed E-state index contributed by atoms with van der Waals surface area (Å²) in [4.78, 5) is 23.9. The summed E-state index contributed by atoms with van der Waals surface area (Å²) in [6.45, 7) is 6.67. The van der Waals surface area contributed by atoms with Crippen molar-refractivity contribution < 1.29 is 4.79 Å². The van der Waals surface area contributed by atoms with Crippen LogP contribution in [0.4, 0.5) is 0 Å². The van der Waals surface area contributed by atoms with Crippen LogP contribution < -0.4 is 10.9 Å². The number of rotatable bonds is 3. The van der Waals surface area contributed by atoms with Crippen molar-refractivity contribution in [1.29, 1.82) is 0 Å². The van der Waals surface area contributed by atoms with Gasteiger partial charge in [-0.3, -0.25) is 9.59 Å². The van der Waals surface area contributed by atoms with Crippen LogP contribution in [0.2, 0.25) is 0 Å². The molecule has 0 saturated carbocycles. The number of benzene rings is 1. The second-order valence-corrected chi connectivity index (χ2v) is 5.15. The maximum absolute atomic E-state index is 12.1. The van der Waals surface area contributed by atoms with Gasteiger partial charge in [0, 0.05) is 30.6 Å². The molecule has 1 aromatic carbocycles. The van der Waals surface area contributed by atoms with Gasteiger partial charge < -0.3 is 9.88 Å². The number of nitrogens with zero attached hydrogens (tertiary/aromatic N) is 1. The van der Waals surface area contributed by atoms with Crippen LogP contribution in [0.25, 0.3) is 10.9 Å². The fourth-order valence-corrected chi connectivity index (χ4v) is 2.50. The van der Waals surface area contributed by atoms with E-state index in [9.17, 15) is 9.59 Å². The summed E-state index contributed by atoms with van der Waals surface area (Å²) >= 11 is 0. The van der Waals surface area contributed by atoms with Gasteiger partial charge in [-0.25, -0.2) is 0 Å². The van der Waals surface area contributed by atoms with E-state index >= 15 is 0 Å². The number of amides is 1. The van der Waals surface area contributed by atoms with Crippen molar-refractivity contribution in [2.75, 3.05) is 7.05 Å². The Morgan fingerprint density at radius 1 is 1.30 bits per heavy atom. The van der Waals surface area contributed by atoms with Crippen LogP contribution in [-0.2, 0) is 6.54 Å². The number of aromatic nitrogens is 1. The lowest BCUT2D eigenvalue weighted by Gasteiger charge is -2.15. The van der Waals surface area contributed by atoms with Gasteiger partial charge in [0.15, 0.2) is 0 Å². The van der Waals surface area contributed by atoms with E-state index in [4.69, 9.17) is 0 Å². The van der Waals surface area contributed by atoms with Gasteiger partial charge in [0.05, 0.1) is 5.52 Å². The van der Waals surface area contributed by atoms with Crippen LogP contribution in [-0.4, -0.2) is 17.5 Å². The number of aryl methyl sites for hydroxylation is 1. The molecule has 0 bridgehead atoms. The van der Waals surface area contributed by atoms with Crippen LogP contribution in [0.5, 0.6) is 0 Å². The number of hydrogen-bond donors (Lipinski definition) is 1. The average molecular weight is 272 g/mol. The third-order valence-corrected chi connectivity index (χ3v) is 3.57. The molecule has 4 heteroatoms. The van der Waals surface area contributed by atoms with Crippen molar-refractivity contribution >= 4 is 16.8 Å². The molecule has 0 aliphatic heterocycles. The maximum atomic E-state index is 12.1. The van der Waals surface area contributed by atoms with Gasteiger partial charge in [-0.15, -0.1) is 0 Å². The van der Waals surface area contributed by atoms with Crippen molar-refractivity contribution in [3.63, 3.8) is 0 Å². The molecular formula is C16H20N2O2. The summed E-state index contributed by atoms with van der Waals surface area (Å²) in [5.74, 6) is 0.118. The quantitative estimate of drug-likeness (QED) is 0.933. The third-order valence-electron chi connectivity index (χ3n) is 3.57. The second kappa shape index (κ2) is 5.49. The highest BCUT2D eigenvalue weighted by molar-refractivity contribution is 5.98. The molecule has 0 aliphatic rings. The van der Waals surface area contributed by atoms with E-state index in [0.717, 1.165) is 16.5 Å². The Morgan fingerprint density at radius 3 is 2.55 bits per heavy atom. The fourth-order valence-electron chi connectivity index (χ4n) is 2.50. The first-order valence-electron chi connectivity index (χ1n) is 6.89. The van der Waals surface area contributed by atoms with Gasteiger partial charge in [0.1, 0.15) is 0 Å². The summed E-state index contributed by atoms with van der Waals surface area (Å²) in [5, 5.41) is 3.60. The predicted octanol–water partition coefficient (Wildman–Crippen LogP) is 2.50. The van der Waals surface area contributed by atoms with E-state index in [0.29, 0.717) is 12.1 Å². The minimum Gasteiger partial charge on any atom is -0.355 e. The Balaban J connectivity index is 2.84. The van der Waals surface area contributed by atoms with Gasteiger partial charge in [0.25, 0.3) is 11.5 Å². The van der Waals surface area contributed by atoms with Gasteiger partial charge in [-0.2, -0.15) is 0 Å². The van der Waals surface area contributed by atoms with Crippen LogP contribution in [0, 0.1) is 0 Å². The molecular weight excluding hydrogens is 252 g/mol. The van der Waals surface area contributed by atoms with Crippen LogP contribution in [0.1, 0.15) is 42.6 Å². The number of fused-ring (bicyclic) bond motifs is 1. The summed E-state index contributed by atoms with van der Waals surface area (Å²) in [6, 6.07) is 7.17. The molecule has 2 rings (SSSR count).